The third-order valence-electron chi connectivity index (χ3n) is 1.07. The van der Waals surface area contributed by atoms with Gasteiger partial charge in [-0.05, 0) is 0 Å². The van der Waals surface area contributed by atoms with Crippen molar-refractivity contribution in [2.24, 2.45) is 5.73 Å². The van der Waals surface area contributed by atoms with Crippen LogP contribution < -0.4 is 5.73 Å². The Labute approximate surface area is 79.5 Å². The van der Waals surface area contributed by atoms with Gasteiger partial charge >= 0.3 is 5.97 Å². The molecule has 0 aliphatic heterocycles. The molecule has 0 aliphatic rings. The lowest BCUT2D eigenvalue weighted by Crippen LogP contribution is -2.15. The number of nitrogens with zero attached hydrogens (tertiary/aromatic N) is 3. The van der Waals surface area contributed by atoms with Crippen molar-refractivity contribution in [3.05, 3.63) is 12.2 Å². The van der Waals surface area contributed by atoms with E-state index in [1.54, 1.807) is 0 Å². The highest BCUT2D eigenvalue weighted by molar-refractivity contribution is 5.90. The lowest BCUT2D eigenvalue weighted by molar-refractivity contribution is -0.137. The minimum atomic E-state index is -1.02. The van der Waals surface area contributed by atoms with Crippen LogP contribution in [0.4, 0.5) is 0 Å². The molecule has 0 atom stereocenters. The number of carboxylic acid groups (broad SMARTS) is 1. The Morgan fingerprint density at radius 3 is 2.77 bits per heavy atom. The van der Waals surface area contributed by atoms with E-state index in [9.17, 15) is 4.79 Å². The highest BCUT2D eigenvalue weighted by Gasteiger charge is 2.05. The monoisotopic (exact) mass is 205 g/mol. The molecule has 0 radical (unpaired) electrons. The Morgan fingerprint density at radius 1 is 1.77 bits per heavy atom. The van der Waals surface area contributed by atoms with Crippen LogP contribution in [-0.4, -0.2) is 31.7 Å². The number of amidine groups is 1. The van der Waals surface area contributed by atoms with Crippen LogP contribution in [0.5, 0.6) is 0 Å². The van der Waals surface area contributed by atoms with Crippen molar-refractivity contribution >= 4 is 24.2 Å². The smallest absolute Gasteiger partial charge is 0.325 e. The zero-order valence-corrected chi connectivity index (χ0v) is 7.28. The van der Waals surface area contributed by atoms with Crippen LogP contribution in [0.15, 0.2) is 6.33 Å². The van der Waals surface area contributed by atoms with Crippen LogP contribution in [0, 0.1) is 5.41 Å². The summed E-state index contributed by atoms with van der Waals surface area (Å²) >= 11 is 0. The zero-order chi connectivity index (χ0) is 9.14. The quantitative estimate of drug-likeness (QED) is 0.435. The zero-order valence-electron chi connectivity index (χ0n) is 6.47. The molecule has 1 heterocycles. The van der Waals surface area contributed by atoms with E-state index in [4.69, 9.17) is 16.2 Å². The van der Waals surface area contributed by atoms with Gasteiger partial charge in [-0.2, -0.15) is 0 Å². The van der Waals surface area contributed by atoms with Crippen LogP contribution in [-0.2, 0) is 11.3 Å². The summed E-state index contributed by atoms with van der Waals surface area (Å²) in [5.74, 6) is -1.26. The summed E-state index contributed by atoms with van der Waals surface area (Å²) < 4.78 is 1.10. The first-order valence-corrected chi connectivity index (χ1v) is 3.05. The lowest BCUT2D eigenvalue weighted by Gasteiger charge is -1.91. The fourth-order valence-electron chi connectivity index (χ4n) is 0.633. The van der Waals surface area contributed by atoms with E-state index in [0.29, 0.717) is 0 Å². The van der Waals surface area contributed by atoms with Crippen LogP contribution in [0.2, 0.25) is 0 Å². The average Bonchev–Trinajstić information content (AvgIpc) is 2.34. The number of hydrogen-bond acceptors (Lipinski definition) is 4. The summed E-state index contributed by atoms with van der Waals surface area (Å²) in [6.45, 7) is -0.278. The van der Waals surface area contributed by atoms with Crippen molar-refractivity contribution < 1.29 is 9.90 Å². The van der Waals surface area contributed by atoms with E-state index >= 15 is 0 Å². The number of aliphatic carboxylic acids is 1. The number of nitrogen functional groups attached to an aromatic ring is 1. The van der Waals surface area contributed by atoms with E-state index < -0.39 is 5.97 Å². The van der Waals surface area contributed by atoms with Crippen LogP contribution in [0.25, 0.3) is 0 Å². The summed E-state index contributed by atoms with van der Waals surface area (Å²) in [7, 11) is 0. The van der Waals surface area contributed by atoms with Crippen molar-refractivity contribution in [1.29, 1.82) is 5.41 Å². The molecule has 0 unspecified atom stereocenters. The minimum absolute atomic E-state index is 0. The number of aromatic nitrogens is 3. The normalized spacial score (nSPS) is 8.92. The van der Waals surface area contributed by atoms with Gasteiger partial charge in [-0.3, -0.25) is 10.2 Å². The van der Waals surface area contributed by atoms with Crippen molar-refractivity contribution in [2.45, 2.75) is 6.54 Å². The molecule has 8 heteroatoms. The number of halogens is 1. The van der Waals surface area contributed by atoms with Crippen molar-refractivity contribution in [3.8, 4) is 0 Å². The maximum atomic E-state index is 10.2. The predicted octanol–water partition coefficient (Wildman–Crippen LogP) is -0.931. The topological polar surface area (TPSA) is 118 Å². The highest BCUT2D eigenvalue weighted by atomic mass is 35.5. The van der Waals surface area contributed by atoms with Gasteiger partial charge in [-0.15, -0.1) is 17.5 Å². The molecule has 0 saturated carbocycles. The highest BCUT2D eigenvalue weighted by Crippen LogP contribution is 1.87. The Kier molecular flexibility index (Phi) is 3.86. The summed E-state index contributed by atoms with van der Waals surface area (Å²) in [5, 5.41) is 18.9. The Morgan fingerprint density at radius 2 is 2.38 bits per heavy atom. The second-order valence-corrected chi connectivity index (χ2v) is 2.07. The molecule has 1 aromatic heterocycles. The van der Waals surface area contributed by atoms with Gasteiger partial charge in [0, 0.05) is 0 Å². The Bertz CT molecular complexity index is 322. The number of nitrogens with two attached hydrogens (primary N) is 1. The number of hydrogen-bond donors (Lipinski definition) is 3. The number of rotatable bonds is 3. The van der Waals surface area contributed by atoms with Gasteiger partial charge in [-0.1, -0.05) is 0 Å². The predicted molar refractivity (Wildman–Crippen MR) is 45.9 cm³/mol. The molecule has 0 amide bonds. The molecule has 0 saturated heterocycles. The minimum Gasteiger partial charge on any atom is -0.480 e. The average molecular weight is 206 g/mol. The fourth-order valence-corrected chi connectivity index (χ4v) is 0.633. The van der Waals surface area contributed by atoms with Crippen molar-refractivity contribution in [3.63, 3.8) is 0 Å². The van der Waals surface area contributed by atoms with Crippen molar-refractivity contribution in [2.75, 3.05) is 0 Å². The molecule has 13 heavy (non-hydrogen) atoms. The SMILES string of the molecule is Cl.N=C(N)c1ncn(CC(=O)O)n1. The van der Waals surface area contributed by atoms with Crippen LogP contribution in [0.3, 0.4) is 0 Å². The third kappa shape index (κ3) is 3.08. The molecule has 0 bridgehead atoms. The van der Waals surface area contributed by atoms with Gasteiger partial charge in [0.2, 0.25) is 5.82 Å². The molecular weight excluding hydrogens is 198 g/mol. The van der Waals surface area contributed by atoms with Gasteiger partial charge in [0.1, 0.15) is 12.9 Å². The van der Waals surface area contributed by atoms with E-state index in [2.05, 4.69) is 10.1 Å². The van der Waals surface area contributed by atoms with E-state index in [0.717, 1.165) is 4.68 Å². The standard InChI is InChI=1S/C5H7N5O2.ClH/c6-4(7)5-8-2-10(9-5)1-3(11)12;/h2H,1H2,(H3,6,7)(H,11,12);1H. The maximum absolute atomic E-state index is 10.2. The summed E-state index contributed by atoms with van der Waals surface area (Å²) in [5.41, 5.74) is 5.06. The van der Waals surface area contributed by atoms with Gasteiger partial charge < -0.3 is 10.8 Å². The molecule has 72 valence electrons. The molecule has 1 aromatic rings. The first-order valence-electron chi connectivity index (χ1n) is 3.05. The molecular formula is C5H8ClN5O2. The third-order valence-corrected chi connectivity index (χ3v) is 1.07. The summed E-state index contributed by atoms with van der Waals surface area (Å²) in [6, 6.07) is 0. The van der Waals surface area contributed by atoms with E-state index in [1.165, 1.54) is 6.33 Å². The van der Waals surface area contributed by atoms with Gasteiger partial charge in [-0.25, -0.2) is 9.67 Å². The first-order chi connectivity index (χ1) is 5.59. The van der Waals surface area contributed by atoms with Gasteiger partial charge in [0.05, 0.1) is 0 Å². The van der Waals surface area contributed by atoms with Gasteiger partial charge in [0.25, 0.3) is 0 Å². The molecule has 1 rings (SSSR count). The molecule has 0 aliphatic carbocycles. The van der Waals surface area contributed by atoms with E-state index in [1.807, 2.05) is 0 Å². The van der Waals surface area contributed by atoms with Crippen molar-refractivity contribution in [1.82, 2.24) is 14.8 Å². The maximum Gasteiger partial charge on any atom is 0.325 e. The lowest BCUT2D eigenvalue weighted by atomic mass is 10.6. The van der Waals surface area contributed by atoms with Crippen LogP contribution >= 0.6 is 12.4 Å². The second-order valence-electron chi connectivity index (χ2n) is 2.07. The van der Waals surface area contributed by atoms with Gasteiger partial charge in [0.15, 0.2) is 5.84 Å². The molecule has 7 nitrogen and oxygen atoms in total. The second kappa shape index (κ2) is 4.41. The number of carbonyl (C=O) groups is 1. The fraction of sp³-hybridized carbons (Fsp3) is 0.200. The summed E-state index contributed by atoms with van der Waals surface area (Å²) in [4.78, 5) is 13.8. The molecule has 0 spiro atoms. The largest absolute Gasteiger partial charge is 0.480 e. The van der Waals surface area contributed by atoms with Crippen LogP contribution in [0.1, 0.15) is 5.82 Å². The first kappa shape index (κ1) is 11.4. The number of nitrogens with one attached hydrogen (secondary N) is 1. The Hall–Kier alpha value is -1.63. The van der Waals surface area contributed by atoms with E-state index in [-0.39, 0.29) is 30.6 Å². The summed E-state index contributed by atoms with van der Waals surface area (Å²) in [6.07, 6.45) is 1.21. The molecule has 0 aromatic carbocycles. The number of carboxylic acids is 1. The molecule has 4 N–H and O–H groups in total. The Balaban J connectivity index is 0.00000144. The molecule has 0 fully saturated rings.